The average Bonchev–Trinajstić information content (AvgIpc) is 2.18. The third-order valence-corrected chi connectivity index (χ3v) is 2.15. The Bertz CT molecular complexity index is 355. The summed E-state index contributed by atoms with van der Waals surface area (Å²) in [5, 5.41) is 0.949. The van der Waals surface area contributed by atoms with Gasteiger partial charge >= 0.3 is 5.97 Å². The average molecular weight is 231 g/mol. The summed E-state index contributed by atoms with van der Waals surface area (Å²) in [5.41, 5.74) is 0.724. The van der Waals surface area contributed by atoms with Crippen molar-refractivity contribution in [1.82, 2.24) is 0 Å². The number of ether oxygens (including phenoxy) is 1. The number of carbonyl (C=O) groups is 1. The van der Waals surface area contributed by atoms with Gasteiger partial charge < -0.3 is 4.74 Å². The van der Waals surface area contributed by atoms with Gasteiger partial charge in [-0.25, -0.2) is 4.79 Å². The number of methoxy groups -OCH3 is 1. The molecule has 4 heteroatoms. The van der Waals surface area contributed by atoms with Crippen LogP contribution in [-0.2, 0) is 9.53 Å². The van der Waals surface area contributed by atoms with E-state index in [-0.39, 0.29) is 0 Å². The Kier molecular flexibility index (Phi) is 3.98. The lowest BCUT2D eigenvalue weighted by Gasteiger charge is -1.98. The zero-order chi connectivity index (χ0) is 10.6. The molecule has 0 amide bonds. The SMILES string of the molecule is COC(=O)C=C(Cl)c1ccc(Cl)cc1. The smallest absolute Gasteiger partial charge is 0.331 e. The van der Waals surface area contributed by atoms with Crippen LogP contribution in [0.5, 0.6) is 0 Å². The van der Waals surface area contributed by atoms with Crippen molar-refractivity contribution >= 4 is 34.2 Å². The predicted molar refractivity (Wildman–Crippen MR) is 57.3 cm³/mol. The molecule has 1 aromatic rings. The lowest BCUT2D eigenvalue weighted by atomic mass is 10.2. The molecule has 0 atom stereocenters. The highest BCUT2D eigenvalue weighted by atomic mass is 35.5. The number of benzene rings is 1. The molecule has 0 saturated heterocycles. The standard InChI is InChI=1S/C10H8Cl2O2/c1-14-10(13)6-9(12)7-2-4-8(11)5-3-7/h2-6H,1H3. The van der Waals surface area contributed by atoms with Crippen molar-refractivity contribution in [2.24, 2.45) is 0 Å². The first-order valence-electron chi connectivity index (χ1n) is 3.84. The van der Waals surface area contributed by atoms with Crippen molar-refractivity contribution in [3.8, 4) is 0 Å². The molecule has 0 aromatic heterocycles. The van der Waals surface area contributed by atoms with Gasteiger partial charge in [0.25, 0.3) is 0 Å². The summed E-state index contributed by atoms with van der Waals surface area (Å²) < 4.78 is 4.44. The first kappa shape index (κ1) is 11.1. The van der Waals surface area contributed by atoms with Gasteiger partial charge in [-0.05, 0) is 17.7 Å². The lowest BCUT2D eigenvalue weighted by molar-refractivity contribution is -0.134. The second-order valence-corrected chi connectivity index (χ2v) is 3.37. The molecule has 0 bridgehead atoms. The summed E-state index contributed by atoms with van der Waals surface area (Å²) >= 11 is 11.5. The Morgan fingerprint density at radius 2 is 1.93 bits per heavy atom. The van der Waals surface area contributed by atoms with Crippen LogP contribution in [-0.4, -0.2) is 13.1 Å². The molecule has 14 heavy (non-hydrogen) atoms. The largest absolute Gasteiger partial charge is 0.466 e. The molecule has 0 fully saturated rings. The van der Waals surface area contributed by atoms with Gasteiger partial charge in [0.2, 0.25) is 0 Å². The number of hydrogen-bond donors (Lipinski definition) is 0. The second-order valence-electron chi connectivity index (χ2n) is 2.52. The van der Waals surface area contributed by atoms with Crippen molar-refractivity contribution in [1.29, 1.82) is 0 Å². The Labute approximate surface area is 92.1 Å². The fourth-order valence-electron chi connectivity index (χ4n) is 0.855. The van der Waals surface area contributed by atoms with Crippen LogP contribution in [0.4, 0.5) is 0 Å². The summed E-state index contributed by atoms with van der Waals surface area (Å²) in [6, 6.07) is 6.85. The van der Waals surface area contributed by atoms with E-state index in [0.29, 0.717) is 10.1 Å². The zero-order valence-electron chi connectivity index (χ0n) is 7.46. The molecular formula is C10H8Cl2O2. The van der Waals surface area contributed by atoms with Crippen molar-refractivity contribution in [3.05, 3.63) is 40.9 Å². The van der Waals surface area contributed by atoms with Gasteiger partial charge in [0, 0.05) is 11.1 Å². The van der Waals surface area contributed by atoms with Crippen LogP contribution in [0.1, 0.15) is 5.56 Å². The molecule has 0 radical (unpaired) electrons. The van der Waals surface area contributed by atoms with E-state index >= 15 is 0 Å². The molecular weight excluding hydrogens is 223 g/mol. The predicted octanol–water partition coefficient (Wildman–Crippen LogP) is 3.09. The lowest BCUT2D eigenvalue weighted by Crippen LogP contribution is -1.94. The van der Waals surface area contributed by atoms with Crippen LogP contribution in [0.2, 0.25) is 5.02 Å². The summed E-state index contributed by atoms with van der Waals surface area (Å²) in [4.78, 5) is 10.9. The summed E-state index contributed by atoms with van der Waals surface area (Å²) in [6.45, 7) is 0. The number of carbonyl (C=O) groups excluding carboxylic acids is 1. The highest BCUT2D eigenvalue weighted by molar-refractivity contribution is 6.50. The Morgan fingerprint density at radius 1 is 1.36 bits per heavy atom. The molecule has 0 saturated carbocycles. The van der Waals surface area contributed by atoms with Crippen LogP contribution in [0.3, 0.4) is 0 Å². The van der Waals surface area contributed by atoms with E-state index < -0.39 is 5.97 Å². The fourth-order valence-corrected chi connectivity index (χ4v) is 1.20. The highest BCUT2D eigenvalue weighted by Crippen LogP contribution is 2.20. The monoisotopic (exact) mass is 230 g/mol. The molecule has 0 spiro atoms. The molecule has 0 aliphatic carbocycles. The Morgan fingerprint density at radius 3 is 2.43 bits per heavy atom. The van der Waals surface area contributed by atoms with Crippen LogP contribution in [0, 0.1) is 0 Å². The minimum absolute atomic E-state index is 0.327. The van der Waals surface area contributed by atoms with Gasteiger partial charge in [0.15, 0.2) is 0 Å². The number of hydrogen-bond acceptors (Lipinski definition) is 2. The van der Waals surface area contributed by atoms with Crippen molar-refractivity contribution < 1.29 is 9.53 Å². The van der Waals surface area contributed by atoms with E-state index in [0.717, 1.165) is 5.56 Å². The van der Waals surface area contributed by atoms with Crippen LogP contribution in [0.25, 0.3) is 5.03 Å². The van der Waals surface area contributed by atoms with Gasteiger partial charge in [-0.15, -0.1) is 0 Å². The topological polar surface area (TPSA) is 26.3 Å². The molecule has 2 nitrogen and oxygen atoms in total. The molecule has 0 aliphatic heterocycles. The first-order chi connectivity index (χ1) is 6.63. The third kappa shape index (κ3) is 3.05. The van der Waals surface area contributed by atoms with Gasteiger partial charge in [0.05, 0.1) is 12.1 Å². The van der Waals surface area contributed by atoms with E-state index in [1.165, 1.54) is 13.2 Å². The molecule has 0 heterocycles. The van der Waals surface area contributed by atoms with Crippen LogP contribution < -0.4 is 0 Å². The maximum absolute atomic E-state index is 10.9. The van der Waals surface area contributed by atoms with E-state index in [1.807, 2.05) is 0 Å². The van der Waals surface area contributed by atoms with E-state index in [1.54, 1.807) is 24.3 Å². The minimum atomic E-state index is -0.482. The van der Waals surface area contributed by atoms with Crippen molar-refractivity contribution in [2.75, 3.05) is 7.11 Å². The molecule has 1 rings (SSSR count). The molecule has 0 N–H and O–H groups in total. The van der Waals surface area contributed by atoms with Crippen molar-refractivity contribution in [3.63, 3.8) is 0 Å². The van der Waals surface area contributed by atoms with Gasteiger partial charge in [0.1, 0.15) is 0 Å². The van der Waals surface area contributed by atoms with Gasteiger partial charge in [-0.2, -0.15) is 0 Å². The van der Waals surface area contributed by atoms with Crippen LogP contribution in [0.15, 0.2) is 30.3 Å². The molecule has 74 valence electrons. The summed E-state index contributed by atoms with van der Waals surface area (Å²) in [6.07, 6.45) is 1.21. The molecule has 1 aromatic carbocycles. The number of rotatable bonds is 2. The zero-order valence-corrected chi connectivity index (χ0v) is 8.97. The summed E-state index contributed by atoms with van der Waals surface area (Å²) in [7, 11) is 1.30. The third-order valence-electron chi connectivity index (χ3n) is 1.57. The van der Waals surface area contributed by atoms with E-state index in [9.17, 15) is 4.79 Å². The number of esters is 1. The maximum atomic E-state index is 10.9. The summed E-state index contributed by atoms with van der Waals surface area (Å²) in [5.74, 6) is -0.482. The quantitative estimate of drug-likeness (QED) is 0.577. The fraction of sp³-hybridized carbons (Fsp3) is 0.100. The maximum Gasteiger partial charge on any atom is 0.331 e. The molecule has 0 unspecified atom stereocenters. The first-order valence-corrected chi connectivity index (χ1v) is 4.60. The highest BCUT2D eigenvalue weighted by Gasteiger charge is 2.01. The normalized spacial score (nSPS) is 11.2. The van der Waals surface area contributed by atoms with Gasteiger partial charge in [-0.1, -0.05) is 35.3 Å². The Hall–Kier alpha value is -0.990. The second kappa shape index (κ2) is 5.03. The van der Waals surface area contributed by atoms with Gasteiger partial charge in [-0.3, -0.25) is 0 Å². The van der Waals surface area contributed by atoms with Crippen LogP contribution >= 0.6 is 23.2 Å². The minimum Gasteiger partial charge on any atom is -0.466 e. The van der Waals surface area contributed by atoms with Crippen molar-refractivity contribution in [2.45, 2.75) is 0 Å². The Balaban J connectivity index is 2.89. The number of halogens is 2. The van der Waals surface area contributed by atoms with E-state index in [4.69, 9.17) is 23.2 Å². The van der Waals surface area contributed by atoms with E-state index in [2.05, 4.69) is 4.74 Å². The molecule has 0 aliphatic rings.